The molecule has 6 heteroatoms. The van der Waals surface area contributed by atoms with Crippen LogP contribution in [0.4, 0.5) is 0 Å². The number of carbonyl (C=O) groups excluding carboxylic acids is 1. The highest BCUT2D eigenvalue weighted by molar-refractivity contribution is 8.00. The van der Waals surface area contributed by atoms with Crippen molar-refractivity contribution >= 4 is 34.8 Å². The van der Waals surface area contributed by atoms with Crippen LogP contribution >= 0.6 is 23.1 Å². The molecule has 0 bridgehead atoms. The maximum atomic E-state index is 12.7. The standard InChI is InChI=1S/C24H23NO3S2/c1-2-28-23(26)22-19-13-18(17-11-7-4-8-12-17)14-20(25-27)21(19)24(30-22)29-15-16-9-5-3-6-10-16/h3-12,18,27H,2,13-15H2,1H3/b25-20+. The number of hydrogen-bond acceptors (Lipinski definition) is 6. The Morgan fingerprint density at radius 1 is 1.13 bits per heavy atom. The number of rotatable bonds is 6. The van der Waals surface area contributed by atoms with Gasteiger partial charge in [-0.15, -0.1) is 23.1 Å². The summed E-state index contributed by atoms with van der Waals surface area (Å²) in [6, 6.07) is 20.4. The van der Waals surface area contributed by atoms with Crippen molar-refractivity contribution in [3.63, 3.8) is 0 Å². The number of thioether (sulfide) groups is 1. The predicted octanol–water partition coefficient (Wildman–Crippen LogP) is 6.13. The van der Waals surface area contributed by atoms with Gasteiger partial charge >= 0.3 is 5.97 Å². The summed E-state index contributed by atoms with van der Waals surface area (Å²) in [6.07, 6.45) is 1.38. The highest BCUT2D eigenvalue weighted by Crippen LogP contribution is 2.45. The lowest BCUT2D eigenvalue weighted by atomic mass is 9.80. The fourth-order valence-corrected chi connectivity index (χ4v) is 6.34. The summed E-state index contributed by atoms with van der Waals surface area (Å²) < 4.78 is 6.35. The Balaban J connectivity index is 1.72. The fraction of sp³-hybridized carbons (Fsp3) is 0.250. The van der Waals surface area contributed by atoms with E-state index in [1.165, 1.54) is 22.5 Å². The molecule has 0 fully saturated rings. The lowest BCUT2D eigenvalue weighted by Crippen LogP contribution is -2.20. The zero-order chi connectivity index (χ0) is 20.9. The van der Waals surface area contributed by atoms with E-state index in [1.54, 1.807) is 11.8 Å². The van der Waals surface area contributed by atoms with E-state index in [2.05, 4.69) is 29.4 Å². The molecule has 4 rings (SSSR count). The number of oxime groups is 1. The molecule has 0 radical (unpaired) electrons. The number of esters is 1. The molecule has 1 aliphatic carbocycles. The lowest BCUT2D eigenvalue weighted by Gasteiger charge is -2.25. The number of benzene rings is 2. The molecule has 0 saturated heterocycles. The fourth-order valence-electron chi connectivity index (χ4n) is 3.82. The number of thiophene rings is 1. The van der Waals surface area contributed by atoms with Crippen molar-refractivity contribution in [2.75, 3.05) is 6.61 Å². The van der Waals surface area contributed by atoms with Gasteiger partial charge in [-0.05, 0) is 36.0 Å². The molecule has 1 unspecified atom stereocenters. The van der Waals surface area contributed by atoms with Gasteiger partial charge in [0, 0.05) is 17.7 Å². The summed E-state index contributed by atoms with van der Waals surface area (Å²) in [5, 5.41) is 13.5. The zero-order valence-corrected chi connectivity index (χ0v) is 18.3. The quantitative estimate of drug-likeness (QED) is 0.218. The van der Waals surface area contributed by atoms with Crippen LogP contribution in [0.3, 0.4) is 0 Å². The monoisotopic (exact) mass is 437 g/mol. The molecule has 0 saturated carbocycles. The van der Waals surface area contributed by atoms with Crippen LogP contribution in [0.2, 0.25) is 0 Å². The van der Waals surface area contributed by atoms with E-state index in [4.69, 9.17) is 4.74 Å². The van der Waals surface area contributed by atoms with Gasteiger partial charge in [0.1, 0.15) is 4.88 Å². The molecular formula is C24H23NO3S2. The molecule has 0 spiro atoms. The van der Waals surface area contributed by atoms with E-state index in [9.17, 15) is 10.0 Å². The van der Waals surface area contributed by atoms with Gasteiger partial charge in [-0.25, -0.2) is 4.79 Å². The average Bonchev–Trinajstić information content (AvgIpc) is 3.17. The van der Waals surface area contributed by atoms with E-state index in [0.717, 1.165) is 27.5 Å². The van der Waals surface area contributed by atoms with Crippen LogP contribution in [-0.2, 0) is 16.9 Å². The molecule has 1 N–H and O–H groups in total. The number of fused-ring (bicyclic) bond motifs is 1. The van der Waals surface area contributed by atoms with Gasteiger partial charge in [0.2, 0.25) is 0 Å². The Morgan fingerprint density at radius 2 is 1.83 bits per heavy atom. The van der Waals surface area contributed by atoms with Crippen molar-refractivity contribution in [2.45, 2.75) is 35.6 Å². The van der Waals surface area contributed by atoms with Gasteiger partial charge < -0.3 is 9.94 Å². The van der Waals surface area contributed by atoms with E-state index in [1.807, 2.05) is 43.3 Å². The van der Waals surface area contributed by atoms with Gasteiger partial charge in [0.25, 0.3) is 0 Å². The Bertz CT molecular complexity index is 1050. The summed E-state index contributed by atoms with van der Waals surface area (Å²) in [4.78, 5) is 13.3. The average molecular weight is 438 g/mol. The van der Waals surface area contributed by atoms with Crippen molar-refractivity contribution in [1.29, 1.82) is 0 Å². The largest absolute Gasteiger partial charge is 0.462 e. The highest BCUT2D eigenvalue weighted by atomic mass is 32.2. The highest BCUT2D eigenvalue weighted by Gasteiger charge is 2.34. The van der Waals surface area contributed by atoms with Gasteiger partial charge in [-0.2, -0.15) is 0 Å². The first-order valence-electron chi connectivity index (χ1n) is 9.97. The van der Waals surface area contributed by atoms with Crippen LogP contribution in [0.1, 0.15) is 51.2 Å². The van der Waals surface area contributed by atoms with Gasteiger partial charge in [-0.1, -0.05) is 65.8 Å². The Hall–Kier alpha value is -2.57. The van der Waals surface area contributed by atoms with Crippen molar-refractivity contribution < 1.29 is 14.7 Å². The summed E-state index contributed by atoms with van der Waals surface area (Å²) in [5.41, 5.74) is 4.90. The summed E-state index contributed by atoms with van der Waals surface area (Å²) in [6.45, 7) is 2.15. The van der Waals surface area contributed by atoms with Crippen LogP contribution in [0.5, 0.6) is 0 Å². The molecule has 1 heterocycles. The second-order valence-corrected chi connectivity index (χ2v) is 9.39. The lowest BCUT2D eigenvalue weighted by molar-refractivity contribution is 0.0530. The van der Waals surface area contributed by atoms with Crippen molar-refractivity contribution in [3.05, 3.63) is 87.8 Å². The summed E-state index contributed by atoms with van der Waals surface area (Å²) in [7, 11) is 0. The van der Waals surface area contributed by atoms with Crippen molar-refractivity contribution in [1.82, 2.24) is 0 Å². The maximum absolute atomic E-state index is 12.7. The Labute approximate surface area is 184 Å². The maximum Gasteiger partial charge on any atom is 0.348 e. The van der Waals surface area contributed by atoms with E-state index in [0.29, 0.717) is 23.6 Å². The number of nitrogens with zero attached hydrogens (tertiary/aromatic N) is 1. The van der Waals surface area contributed by atoms with Crippen LogP contribution in [0.15, 0.2) is 70.0 Å². The molecule has 2 aromatic carbocycles. The first-order valence-corrected chi connectivity index (χ1v) is 11.8. The van der Waals surface area contributed by atoms with Crippen LogP contribution in [-0.4, -0.2) is 23.5 Å². The minimum atomic E-state index is -0.295. The summed E-state index contributed by atoms with van der Waals surface area (Å²) >= 11 is 3.13. The third kappa shape index (κ3) is 4.30. The van der Waals surface area contributed by atoms with Crippen molar-refractivity contribution in [2.24, 2.45) is 5.16 Å². The molecule has 0 aliphatic heterocycles. The van der Waals surface area contributed by atoms with Crippen LogP contribution in [0, 0.1) is 0 Å². The third-order valence-corrected chi connectivity index (χ3v) is 7.77. The Kier molecular flexibility index (Phi) is 6.55. The molecule has 1 atom stereocenters. The molecule has 0 amide bonds. The zero-order valence-electron chi connectivity index (χ0n) is 16.7. The van der Waals surface area contributed by atoms with Gasteiger partial charge in [0.05, 0.1) is 16.5 Å². The molecule has 1 aromatic heterocycles. The molecule has 4 nitrogen and oxygen atoms in total. The first kappa shape index (κ1) is 20.7. The topological polar surface area (TPSA) is 58.9 Å². The van der Waals surface area contributed by atoms with E-state index in [-0.39, 0.29) is 11.9 Å². The molecule has 3 aromatic rings. The Morgan fingerprint density at radius 3 is 2.50 bits per heavy atom. The number of ether oxygens (including phenoxy) is 1. The smallest absolute Gasteiger partial charge is 0.348 e. The number of hydrogen-bond donors (Lipinski definition) is 1. The minimum absolute atomic E-state index is 0.166. The molecule has 154 valence electrons. The van der Waals surface area contributed by atoms with Crippen LogP contribution < -0.4 is 0 Å². The molecule has 30 heavy (non-hydrogen) atoms. The van der Waals surface area contributed by atoms with E-state index >= 15 is 0 Å². The predicted molar refractivity (Wildman–Crippen MR) is 122 cm³/mol. The normalized spacial score (nSPS) is 17.0. The first-order chi connectivity index (χ1) is 14.7. The van der Waals surface area contributed by atoms with Crippen molar-refractivity contribution in [3.8, 4) is 0 Å². The van der Waals surface area contributed by atoms with Crippen LogP contribution in [0.25, 0.3) is 0 Å². The second kappa shape index (κ2) is 9.49. The minimum Gasteiger partial charge on any atom is -0.462 e. The summed E-state index contributed by atoms with van der Waals surface area (Å²) in [5.74, 6) is 0.660. The van der Waals surface area contributed by atoms with Gasteiger partial charge in [0.15, 0.2) is 0 Å². The van der Waals surface area contributed by atoms with E-state index < -0.39 is 0 Å². The van der Waals surface area contributed by atoms with Gasteiger partial charge in [-0.3, -0.25) is 0 Å². The SMILES string of the molecule is CCOC(=O)c1sc(SCc2ccccc2)c2c1CC(c1ccccc1)C/C2=N\O. The third-order valence-electron chi connectivity index (χ3n) is 5.22. The molecular weight excluding hydrogens is 414 g/mol. The second-order valence-electron chi connectivity index (χ2n) is 7.13. The molecule has 1 aliphatic rings. The number of carbonyl (C=O) groups is 1.